The average Bonchev–Trinajstić information content (AvgIpc) is 3.15. The van der Waals surface area contributed by atoms with E-state index in [4.69, 9.17) is 5.73 Å². The van der Waals surface area contributed by atoms with Gasteiger partial charge in [-0.2, -0.15) is 0 Å². The smallest absolute Gasteiger partial charge is 0.122 e. The predicted molar refractivity (Wildman–Crippen MR) is 86.3 cm³/mol. The summed E-state index contributed by atoms with van der Waals surface area (Å²) in [7, 11) is 0. The first-order chi connectivity index (χ1) is 10.4. The molecule has 1 aliphatic heterocycles. The largest absolute Gasteiger partial charge is 0.333 e. The molecule has 5 heteroatoms. The number of benzene rings is 1. The summed E-state index contributed by atoms with van der Waals surface area (Å²) < 4.78 is 3.57. The summed E-state index contributed by atoms with van der Waals surface area (Å²) in [4.78, 5) is 6.91. The van der Waals surface area contributed by atoms with Gasteiger partial charge in [0, 0.05) is 42.8 Å². The maximum atomic E-state index is 6.12. The molecule has 21 heavy (non-hydrogen) atoms. The second kappa shape index (κ2) is 5.26. The summed E-state index contributed by atoms with van der Waals surface area (Å²) in [5, 5.41) is 3.61. The van der Waals surface area contributed by atoms with Crippen LogP contribution in [0, 0.1) is 0 Å². The van der Waals surface area contributed by atoms with Crippen LogP contribution < -0.4 is 5.73 Å². The van der Waals surface area contributed by atoms with Crippen LogP contribution in [0.5, 0.6) is 0 Å². The van der Waals surface area contributed by atoms with Crippen molar-refractivity contribution in [2.24, 2.45) is 5.73 Å². The van der Waals surface area contributed by atoms with Crippen LogP contribution in [0.1, 0.15) is 17.4 Å². The molecular weight excluding hydrogens is 280 g/mol. The third-order valence-corrected chi connectivity index (χ3v) is 5.29. The second-order valence-corrected chi connectivity index (χ2v) is 6.36. The molecule has 3 aromatic rings. The molecule has 0 spiro atoms. The first-order valence-electron chi connectivity index (χ1n) is 7.27. The number of fused-ring (bicyclic) bond motifs is 2. The van der Waals surface area contributed by atoms with Crippen molar-refractivity contribution >= 4 is 21.4 Å². The van der Waals surface area contributed by atoms with Crippen LogP contribution in [-0.2, 0) is 13.1 Å². The molecule has 0 saturated heterocycles. The highest BCUT2D eigenvalue weighted by Crippen LogP contribution is 2.33. The molecule has 0 saturated carbocycles. The molecule has 4 rings (SSSR count). The number of aromatic nitrogens is 2. The van der Waals surface area contributed by atoms with Crippen molar-refractivity contribution in [3.63, 3.8) is 0 Å². The van der Waals surface area contributed by atoms with Gasteiger partial charge in [0.2, 0.25) is 0 Å². The Kier molecular flexibility index (Phi) is 3.25. The minimum Gasteiger partial charge on any atom is -0.333 e. The third-order valence-electron chi connectivity index (χ3n) is 4.31. The summed E-state index contributed by atoms with van der Waals surface area (Å²) in [5.74, 6) is 1.14. The van der Waals surface area contributed by atoms with Crippen molar-refractivity contribution in [2.75, 3.05) is 13.1 Å². The van der Waals surface area contributed by atoms with Crippen LogP contribution in [0.4, 0.5) is 0 Å². The van der Waals surface area contributed by atoms with Crippen molar-refractivity contribution in [3.05, 3.63) is 53.4 Å². The lowest BCUT2D eigenvalue weighted by atomic mass is 10.0. The van der Waals surface area contributed by atoms with Gasteiger partial charge >= 0.3 is 0 Å². The topological polar surface area (TPSA) is 47.1 Å². The highest BCUT2D eigenvalue weighted by atomic mass is 32.1. The molecule has 1 unspecified atom stereocenters. The Bertz CT molecular complexity index is 760. The Morgan fingerprint density at radius 2 is 2.19 bits per heavy atom. The van der Waals surface area contributed by atoms with Gasteiger partial charge in [-0.25, -0.2) is 4.98 Å². The lowest BCUT2D eigenvalue weighted by molar-refractivity contribution is 0.157. The van der Waals surface area contributed by atoms with Crippen LogP contribution in [0.2, 0.25) is 0 Å². The van der Waals surface area contributed by atoms with Crippen LogP contribution in [0.15, 0.2) is 42.0 Å². The summed E-state index contributed by atoms with van der Waals surface area (Å²) in [6, 6.07) is 8.85. The summed E-state index contributed by atoms with van der Waals surface area (Å²) >= 11 is 1.81. The minimum atomic E-state index is 0.270. The molecule has 0 fully saturated rings. The molecular formula is C16H18N4S. The molecule has 0 radical (unpaired) electrons. The van der Waals surface area contributed by atoms with Crippen LogP contribution in [-0.4, -0.2) is 27.5 Å². The Hall–Kier alpha value is -1.69. The zero-order valence-corrected chi connectivity index (χ0v) is 12.6. The molecule has 1 atom stereocenters. The van der Waals surface area contributed by atoms with E-state index in [1.807, 2.05) is 6.20 Å². The number of thiophene rings is 1. The van der Waals surface area contributed by atoms with Crippen molar-refractivity contribution in [2.45, 2.75) is 19.1 Å². The number of nitrogens with two attached hydrogens (primary N) is 1. The zero-order valence-electron chi connectivity index (χ0n) is 11.8. The van der Waals surface area contributed by atoms with E-state index in [-0.39, 0.29) is 6.04 Å². The minimum absolute atomic E-state index is 0.270. The molecule has 1 aromatic carbocycles. The van der Waals surface area contributed by atoms with E-state index in [0.29, 0.717) is 6.54 Å². The van der Waals surface area contributed by atoms with Crippen molar-refractivity contribution in [1.29, 1.82) is 0 Å². The molecule has 1 aliphatic rings. The van der Waals surface area contributed by atoms with E-state index in [1.54, 1.807) is 11.3 Å². The quantitative estimate of drug-likeness (QED) is 0.808. The second-order valence-electron chi connectivity index (χ2n) is 5.45. The van der Waals surface area contributed by atoms with E-state index in [2.05, 4.69) is 50.3 Å². The number of hydrogen-bond donors (Lipinski definition) is 1. The summed E-state index contributed by atoms with van der Waals surface area (Å²) in [6.07, 6.45) is 3.94. The molecule has 0 amide bonds. The number of imidazole rings is 1. The lowest BCUT2D eigenvalue weighted by Crippen LogP contribution is -2.39. The maximum absolute atomic E-state index is 6.12. The Balaban J connectivity index is 1.69. The van der Waals surface area contributed by atoms with E-state index in [9.17, 15) is 0 Å². The SMILES string of the molecule is NCC(c1csc2ccccc12)N1CCn2ccnc2C1. The molecule has 3 heterocycles. The van der Waals surface area contributed by atoms with Gasteiger partial charge in [-0.1, -0.05) is 18.2 Å². The first-order valence-corrected chi connectivity index (χ1v) is 8.15. The van der Waals surface area contributed by atoms with Gasteiger partial charge < -0.3 is 10.3 Å². The standard InChI is InChI=1S/C16H18N4S/c17-9-14(13-11-21-15-4-2-1-3-12(13)15)20-8-7-19-6-5-18-16(19)10-20/h1-6,11,14H,7-10,17H2. The summed E-state index contributed by atoms with van der Waals surface area (Å²) in [6.45, 7) is 3.53. The van der Waals surface area contributed by atoms with Gasteiger partial charge in [0.15, 0.2) is 0 Å². The van der Waals surface area contributed by atoms with E-state index < -0.39 is 0 Å². The highest BCUT2D eigenvalue weighted by Gasteiger charge is 2.26. The van der Waals surface area contributed by atoms with Gasteiger partial charge in [0.25, 0.3) is 0 Å². The normalized spacial score (nSPS) is 17.0. The van der Waals surface area contributed by atoms with Gasteiger partial charge in [-0.15, -0.1) is 11.3 Å². The number of nitrogens with zero attached hydrogens (tertiary/aromatic N) is 3. The Morgan fingerprint density at radius 1 is 1.29 bits per heavy atom. The fourth-order valence-corrected chi connectivity index (χ4v) is 4.20. The number of rotatable bonds is 3. The van der Waals surface area contributed by atoms with Gasteiger partial charge in [-0.3, -0.25) is 4.90 Å². The third kappa shape index (κ3) is 2.18. The van der Waals surface area contributed by atoms with Gasteiger partial charge in [0.1, 0.15) is 5.82 Å². The molecule has 4 nitrogen and oxygen atoms in total. The van der Waals surface area contributed by atoms with E-state index in [1.165, 1.54) is 15.6 Å². The Morgan fingerprint density at radius 3 is 3.10 bits per heavy atom. The average molecular weight is 298 g/mol. The monoisotopic (exact) mass is 298 g/mol. The Labute approximate surface area is 127 Å². The molecule has 0 bridgehead atoms. The van der Waals surface area contributed by atoms with Crippen LogP contribution in [0.25, 0.3) is 10.1 Å². The highest BCUT2D eigenvalue weighted by molar-refractivity contribution is 7.17. The van der Waals surface area contributed by atoms with Crippen molar-refractivity contribution in [3.8, 4) is 0 Å². The van der Waals surface area contributed by atoms with Crippen LogP contribution in [0.3, 0.4) is 0 Å². The van der Waals surface area contributed by atoms with Crippen molar-refractivity contribution < 1.29 is 0 Å². The van der Waals surface area contributed by atoms with Gasteiger partial charge in [0.05, 0.1) is 6.54 Å². The molecule has 0 aliphatic carbocycles. The summed E-state index contributed by atoms with van der Waals surface area (Å²) in [5.41, 5.74) is 7.48. The van der Waals surface area contributed by atoms with Crippen molar-refractivity contribution in [1.82, 2.24) is 14.5 Å². The van der Waals surface area contributed by atoms with Crippen LogP contribution >= 0.6 is 11.3 Å². The molecule has 108 valence electrons. The van der Waals surface area contributed by atoms with E-state index >= 15 is 0 Å². The predicted octanol–water partition coefficient (Wildman–Crippen LogP) is 2.61. The fraction of sp³-hybridized carbons (Fsp3) is 0.312. The maximum Gasteiger partial charge on any atom is 0.122 e. The van der Waals surface area contributed by atoms with Gasteiger partial charge in [-0.05, 0) is 22.4 Å². The van der Waals surface area contributed by atoms with E-state index in [0.717, 1.165) is 25.5 Å². The molecule has 2 N–H and O–H groups in total. The lowest BCUT2D eigenvalue weighted by Gasteiger charge is -2.34. The molecule has 2 aromatic heterocycles. The first kappa shape index (κ1) is 13.0. The number of hydrogen-bond acceptors (Lipinski definition) is 4. The fourth-order valence-electron chi connectivity index (χ4n) is 3.19. The zero-order chi connectivity index (χ0) is 14.2.